The molecule has 16 heavy (non-hydrogen) atoms. The minimum atomic E-state index is -0.132. The summed E-state index contributed by atoms with van der Waals surface area (Å²) in [5.74, 6) is 0.696. The van der Waals surface area contributed by atoms with E-state index in [1.54, 1.807) is 0 Å². The lowest BCUT2D eigenvalue weighted by atomic mass is 10.3. The first kappa shape index (κ1) is 10.7. The van der Waals surface area contributed by atoms with E-state index < -0.39 is 0 Å². The Kier molecular flexibility index (Phi) is 3.54. The maximum absolute atomic E-state index is 11.5. The zero-order valence-corrected chi connectivity index (χ0v) is 9.20. The molecule has 0 aliphatic carbocycles. The van der Waals surface area contributed by atoms with Gasteiger partial charge in [-0.15, -0.1) is 5.10 Å². The summed E-state index contributed by atoms with van der Waals surface area (Å²) in [4.78, 5) is 16.0. The Hall–Kier alpha value is -1.83. The summed E-state index contributed by atoms with van der Waals surface area (Å²) < 4.78 is 3.62. The van der Waals surface area contributed by atoms with Gasteiger partial charge in [-0.05, 0) is 18.0 Å². The summed E-state index contributed by atoms with van der Waals surface area (Å²) in [5.41, 5.74) is 0. The number of nitrogens with one attached hydrogen (secondary N) is 2. The van der Waals surface area contributed by atoms with E-state index in [1.165, 1.54) is 12.5 Å². The normalized spacial score (nSPS) is 10.2. The van der Waals surface area contributed by atoms with Gasteiger partial charge in [-0.2, -0.15) is 5.10 Å². The van der Waals surface area contributed by atoms with E-state index in [0.717, 1.165) is 30.2 Å². The van der Waals surface area contributed by atoms with E-state index in [2.05, 4.69) is 30.1 Å². The largest absolute Gasteiger partial charge is 0.351 e. The zero-order valence-electron chi connectivity index (χ0n) is 8.38. The van der Waals surface area contributed by atoms with Gasteiger partial charge in [-0.3, -0.25) is 9.89 Å². The highest BCUT2D eigenvalue weighted by Crippen LogP contribution is 2.01. The molecule has 0 atom stereocenters. The third-order valence-corrected chi connectivity index (χ3v) is 2.59. The average Bonchev–Trinajstić information content (AvgIpc) is 2.96. The Balaban J connectivity index is 1.67. The van der Waals surface area contributed by atoms with Gasteiger partial charge in [-0.1, -0.05) is 4.49 Å². The molecule has 0 bridgehead atoms. The minimum absolute atomic E-state index is 0.132. The van der Waals surface area contributed by atoms with Crippen molar-refractivity contribution in [2.75, 3.05) is 6.54 Å². The number of aryl methyl sites for hydroxylation is 1. The van der Waals surface area contributed by atoms with Gasteiger partial charge in [0, 0.05) is 13.0 Å². The van der Waals surface area contributed by atoms with Crippen LogP contribution in [0.5, 0.6) is 0 Å². The summed E-state index contributed by atoms with van der Waals surface area (Å²) in [7, 11) is 0. The molecule has 0 saturated heterocycles. The summed E-state index contributed by atoms with van der Waals surface area (Å²) in [5, 5.41) is 12.9. The summed E-state index contributed by atoms with van der Waals surface area (Å²) >= 11 is 1.09. The summed E-state index contributed by atoms with van der Waals surface area (Å²) in [6.07, 6.45) is 4.50. The molecule has 84 valence electrons. The predicted octanol–water partition coefficient (Wildman–Crippen LogP) is 0.0188. The molecule has 0 saturated carbocycles. The van der Waals surface area contributed by atoms with E-state index in [1.807, 2.05) is 0 Å². The maximum Gasteiger partial charge on any atom is 0.264 e. The summed E-state index contributed by atoms with van der Waals surface area (Å²) in [6.45, 7) is 0.595. The third kappa shape index (κ3) is 2.83. The van der Waals surface area contributed by atoms with Gasteiger partial charge >= 0.3 is 0 Å². The Morgan fingerprint density at radius 1 is 1.56 bits per heavy atom. The van der Waals surface area contributed by atoms with Crippen LogP contribution in [0, 0.1) is 0 Å². The molecule has 2 aromatic rings. The van der Waals surface area contributed by atoms with Crippen molar-refractivity contribution in [2.45, 2.75) is 12.8 Å². The fourth-order valence-corrected chi connectivity index (χ4v) is 1.59. The van der Waals surface area contributed by atoms with E-state index in [4.69, 9.17) is 0 Å². The lowest BCUT2D eigenvalue weighted by Gasteiger charge is -2.00. The predicted molar refractivity (Wildman–Crippen MR) is 56.9 cm³/mol. The number of nitrogens with zero attached hydrogens (tertiary/aromatic N) is 4. The van der Waals surface area contributed by atoms with Crippen LogP contribution in [0.15, 0.2) is 12.5 Å². The van der Waals surface area contributed by atoms with Crippen LogP contribution >= 0.6 is 11.5 Å². The molecule has 0 aromatic carbocycles. The van der Waals surface area contributed by atoms with Gasteiger partial charge in [0.2, 0.25) is 0 Å². The number of rotatable bonds is 5. The van der Waals surface area contributed by atoms with Gasteiger partial charge in [0.1, 0.15) is 17.0 Å². The van der Waals surface area contributed by atoms with E-state index in [0.29, 0.717) is 11.4 Å². The molecular weight excluding hydrogens is 228 g/mol. The van der Waals surface area contributed by atoms with E-state index in [-0.39, 0.29) is 5.91 Å². The second kappa shape index (κ2) is 5.31. The standard InChI is InChI=1S/C8H10N6OS/c15-8(6-4-11-14-16-6)9-3-1-2-7-10-5-12-13-7/h4-5H,1-3H2,(H,9,15)(H,10,12,13). The first-order valence-electron chi connectivity index (χ1n) is 4.76. The van der Waals surface area contributed by atoms with Gasteiger partial charge < -0.3 is 5.32 Å². The number of aromatic nitrogens is 5. The van der Waals surface area contributed by atoms with Crippen molar-refractivity contribution in [1.29, 1.82) is 0 Å². The Morgan fingerprint density at radius 2 is 2.50 bits per heavy atom. The van der Waals surface area contributed by atoms with Gasteiger partial charge in [0.15, 0.2) is 0 Å². The number of carbonyl (C=O) groups excluding carboxylic acids is 1. The Bertz CT molecular complexity index is 425. The zero-order chi connectivity index (χ0) is 11.2. The molecule has 8 heteroatoms. The first-order chi connectivity index (χ1) is 7.86. The van der Waals surface area contributed by atoms with Crippen LogP contribution in [0.2, 0.25) is 0 Å². The number of aromatic amines is 1. The third-order valence-electron chi connectivity index (χ3n) is 1.93. The number of carbonyl (C=O) groups is 1. The number of hydrogen-bond donors (Lipinski definition) is 2. The second-order valence-corrected chi connectivity index (χ2v) is 3.86. The van der Waals surface area contributed by atoms with Crippen molar-refractivity contribution >= 4 is 17.4 Å². The van der Waals surface area contributed by atoms with E-state index >= 15 is 0 Å². The molecule has 0 radical (unpaired) electrons. The molecule has 0 fully saturated rings. The highest BCUT2D eigenvalue weighted by Gasteiger charge is 2.06. The Morgan fingerprint density at radius 3 is 3.19 bits per heavy atom. The molecular formula is C8H10N6OS. The molecule has 0 aliphatic heterocycles. The SMILES string of the molecule is O=C(NCCCc1ncn[nH]1)c1cnns1. The van der Waals surface area contributed by atoms with Crippen molar-refractivity contribution in [1.82, 2.24) is 30.1 Å². The average molecular weight is 238 g/mol. The van der Waals surface area contributed by atoms with E-state index in [9.17, 15) is 4.79 Å². The Labute approximate surface area is 95.5 Å². The van der Waals surface area contributed by atoms with Crippen LogP contribution in [0.4, 0.5) is 0 Å². The fourth-order valence-electron chi connectivity index (χ4n) is 1.16. The molecule has 0 unspecified atom stereocenters. The van der Waals surface area contributed by atoms with Crippen LogP contribution in [0.3, 0.4) is 0 Å². The quantitative estimate of drug-likeness (QED) is 0.716. The van der Waals surface area contributed by atoms with Crippen LogP contribution in [-0.4, -0.2) is 37.2 Å². The smallest absolute Gasteiger partial charge is 0.264 e. The number of amides is 1. The lowest BCUT2D eigenvalue weighted by Crippen LogP contribution is -2.23. The van der Waals surface area contributed by atoms with Crippen LogP contribution in [0.1, 0.15) is 21.9 Å². The van der Waals surface area contributed by atoms with Gasteiger partial charge in [0.25, 0.3) is 5.91 Å². The van der Waals surface area contributed by atoms with Crippen molar-refractivity contribution in [3.8, 4) is 0 Å². The fraction of sp³-hybridized carbons (Fsp3) is 0.375. The lowest BCUT2D eigenvalue weighted by molar-refractivity contribution is 0.0957. The van der Waals surface area contributed by atoms with Crippen molar-refractivity contribution < 1.29 is 4.79 Å². The van der Waals surface area contributed by atoms with Gasteiger partial charge in [-0.25, -0.2) is 4.98 Å². The summed E-state index contributed by atoms with van der Waals surface area (Å²) in [6, 6.07) is 0. The highest BCUT2D eigenvalue weighted by molar-refractivity contribution is 7.07. The monoisotopic (exact) mass is 238 g/mol. The topological polar surface area (TPSA) is 96.5 Å². The molecule has 0 aliphatic rings. The van der Waals surface area contributed by atoms with Crippen molar-refractivity contribution in [2.24, 2.45) is 0 Å². The van der Waals surface area contributed by atoms with Crippen molar-refractivity contribution in [3.05, 3.63) is 23.2 Å². The first-order valence-corrected chi connectivity index (χ1v) is 5.53. The maximum atomic E-state index is 11.5. The van der Waals surface area contributed by atoms with Crippen LogP contribution in [0.25, 0.3) is 0 Å². The van der Waals surface area contributed by atoms with Crippen molar-refractivity contribution in [3.63, 3.8) is 0 Å². The number of hydrogen-bond acceptors (Lipinski definition) is 6. The number of H-pyrrole nitrogens is 1. The molecule has 2 rings (SSSR count). The molecule has 2 heterocycles. The van der Waals surface area contributed by atoms with Crippen LogP contribution in [-0.2, 0) is 6.42 Å². The molecule has 2 N–H and O–H groups in total. The molecule has 0 spiro atoms. The minimum Gasteiger partial charge on any atom is -0.351 e. The molecule has 2 aromatic heterocycles. The molecule has 7 nitrogen and oxygen atoms in total. The highest BCUT2D eigenvalue weighted by atomic mass is 32.1. The molecule has 1 amide bonds. The van der Waals surface area contributed by atoms with Gasteiger partial charge in [0.05, 0.1) is 6.20 Å². The second-order valence-electron chi connectivity index (χ2n) is 3.07. The van der Waals surface area contributed by atoms with Crippen LogP contribution < -0.4 is 5.32 Å².